The average Bonchev–Trinajstić information content (AvgIpc) is 2.56. The molecule has 6 heteroatoms. The van der Waals surface area contributed by atoms with Gasteiger partial charge in [-0.3, -0.25) is 4.79 Å². The summed E-state index contributed by atoms with van der Waals surface area (Å²) >= 11 is 5.70. The summed E-state index contributed by atoms with van der Waals surface area (Å²) in [5, 5.41) is -0.0358. The van der Waals surface area contributed by atoms with Gasteiger partial charge >= 0.3 is 11.6 Å². The van der Waals surface area contributed by atoms with Crippen LogP contribution in [0.15, 0.2) is 9.32 Å². The Morgan fingerprint density at radius 2 is 1.88 bits per heavy atom. The quantitative estimate of drug-likeness (QED) is 0.836. The number of amides is 1. The maximum absolute atomic E-state index is 12.0. The highest BCUT2D eigenvalue weighted by atomic mass is 35.5. The molecule has 0 saturated carbocycles. The summed E-state index contributed by atoms with van der Waals surface area (Å²) in [6.07, 6.45) is 1.65. The van der Waals surface area contributed by atoms with E-state index in [0.717, 1.165) is 17.6 Å². The van der Waals surface area contributed by atoms with Crippen LogP contribution in [0.25, 0.3) is 0 Å². The van der Waals surface area contributed by atoms with Gasteiger partial charge in [-0.15, -0.1) is 0 Å². The lowest BCUT2D eigenvalue weighted by molar-refractivity contribution is 0.165. The first kappa shape index (κ1) is 13.8. The van der Waals surface area contributed by atoms with Crippen LogP contribution in [-0.4, -0.2) is 28.8 Å². The normalized spacial score (nSPS) is 10.6. The van der Waals surface area contributed by atoms with Crippen molar-refractivity contribution in [2.45, 2.75) is 33.6 Å². The number of aromatic nitrogens is 1. The summed E-state index contributed by atoms with van der Waals surface area (Å²) in [5.41, 5.74) is -0.591. The Morgan fingerprint density at radius 1 is 1.35 bits per heavy atom. The first-order chi connectivity index (χ1) is 8.02. The number of rotatable bonds is 4. The van der Waals surface area contributed by atoms with Crippen molar-refractivity contribution in [1.29, 1.82) is 0 Å². The van der Waals surface area contributed by atoms with Crippen molar-refractivity contribution in [3.05, 3.63) is 21.1 Å². The van der Waals surface area contributed by atoms with E-state index >= 15 is 0 Å². The smallest absolute Gasteiger partial charge is 0.361 e. The number of halogens is 1. The molecule has 0 aliphatic carbocycles. The van der Waals surface area contributed by atoms with Crippen LogP contribution in [0.2, 0.25) is 5.02 Å². The van der Waals surface area contributed by atoms with Gasteiger partial charge in [0.05, 0.1) is 0 Å². The lowest BCUT2D eigenvalue weighted by atomic mass is 10.4. The van der Waals surface area contributed by atoms with E-state index < -0.39 is 11.6 Å². The van der Waals surface area contributed by atoms with Gasteiger partial charge in [0, 0.05) is 13.1 Å². The van der Waals surface area contributed by atoms with Crippen molar-refractivity contribution >= 4 is 17.6 Å². The highest BCUT2D eigenvalue weighted by Crippen LogP contribution is 2.10. The molecule has 0 saturated heterocycles. The van der Waals surface area contributed by atoms with Crippen LogP contribution in [0.3, 0.4) is 0 Å². The largest absolute Gasteiger partial charge is 0.370 e. The molecule has 0 fully saturated rings. The summed E-state index contributed by atoms with van der Waals surface area (Å²) in [6.45, 7) is 6.68. The van der Waals surface area contributed by atoms with Gasteiger partial charge in [0.25, 0.3) is 0 Å². The van der Waals surface area contributed by atoms with Crippen molar-refractivity contribution < 1.29 is 9.32 Å². The third-order valence-corrected chi connectivity index (χ3v) is 2.77. The summed E-state index contributed by atoms with van der Waals surface area (Å²) < 4.78 is 5.79. The minimum absolute atomic E-state index is 0.0358. The van der Waals surface area contributed by atoms with Gasteiger partial charge in [0.2, 0.25) is 0 Å². The maximum Gasteiger partial charge on any atom is 0.361 e. The molecule has 0 spiro atoms. The van der Waals surface area contributed by atoms with Gasteiger partial charge in [-0.1, -0.05) is 30.2 Å². The van der Waals surface area contributed by atoms with Crippen LogP contribution in [0.5, 0.6) is 0 Å². The van der Waals surface area contributed by atoms with Gasteiger partial charge in [-0.2, -0.15) is 0 Å². The van der Waals surface area contributed by atoms with Gasteiger partial charge in [-0.05, 0) is 19.8 Å². The van der Waals surface area contributed by atoms with E-state index in [1.54, 1.807) is 11.8 Å². The predicted molar refractivity (Wildman–Crippen MR) is 65.7 cm³/mol. The molecule has 1 aromatic rings. The minimum atomic E-state index is -0.591. The molecule has 0 bridgehead atoms. The third kappa shape index (κ3) is 2.91. The second kappa shape index (κ2) is 5.91. The van der Waals surface area contributed by atoms with Crippen LogP contribution < -0.4 is 5.56 Å². The topological polar surface area (TPSA) is 55.5 Å². The number of hydrogen-bond acceptors (Lipinski definition) is 3. The van der Waals surface area contributed by atoms with Crippen molar-refractivity contribution in [2.24, 2.45) is 0 Å². The number of hydrogen-bond donors (Lipinski definition) is 0. The molecule has 0 radical (unpaired) electrons. The summed E-state index contributed by atoms with van der Waals surface area (Å²) in [5.74, 6) is 0.262. The Balaban J connectivity index is 3.01. The Hall–Kier alpha value is -1.23. The summed E-state index contributed by atoms with van der Waals surface area (Å²) in [6, 6.07) is -0.450. The lowest BCUT2D eigenvalue weighted by Gasteiger charge is -2.19. The Morgan fingerprint density at radius 3 is 2.24 bits per heavy atom. The van der Waals surface area contributed by atoms with Crippen LogP contribution in [0, 0.1) is 6.92 Å². The predicted octanol–water partition coefficient (Wildman–Crippen LogP) is 2.49. The molecule has 0 aromatic carbocycles. The molecule has 0 unspecified atom stereocenters. The van der Waals surface area contributed by atoms with E-state index in [2.05, 4.69) is 0 Å². The highest BCUT2D eigenvalue weighted by molar-refractivity contribution is 6.31. The molecular weight excluding hydrogens is 244 g/mol. The molecule has 17 heavy (non-hydrogen) atoms. The van der Waals surface area contributed by atoms with Crippen molar-refractivity contribution in [1.82, 2.24) is 9.64 Å². The third-order valence-electron chi connectivity index (χ3n) is 2.34. The zero-order valence-corrected chi connectivity index (χ0v) is 11.1. The van der Waals surface area contributed by atoms with Crippen LogP contribution in [0.4, 0.5) is 4.79 Å². The highest BCUT2D eigenvalue weighted by Gasteiger charge is 2.21. The van der Waals surface area contributed by atoms with Crippen molar-refractivity contribution in [3.63, 3.8) is 0 Å². The molecule has 0 aliphatic heterocycles. The fourth-order valence-electron chi connectivity index (χ4n) is 1.56. The standard InChI is InChI=1S/C11H17ClN2O3/c1-4-6-13(7-5-2)11(16)14-10(15)9(12)8(3)17-14/h4-7H2,1-3H3. The second-order valence-electron chi connectivity index (χ2n) is 3.83. The minimum Gasteiger partial charge on any atom is -0.370 e. The summed E-state index contributed by atoms with van der Waals surface area (Å²) in [4.78, 5) is 25.3. The Labute approximate surface area is 105 Å². The fraction of sp³-hybridized carbons (Fsp3) is 0.636. The fourth-order valence-corrected chi connectivity index (χ4v) is 1.67. The van der Waals surface area contributed by atoms with Gasteiger partial charge in [0.15, 0.2) is 5.76 Å². The molecular formula is C11H17ClN2O3. The second-order valence-corrected chi connectivity index (χ2v) is 4.21. The Kier molecular flexibility index (Phi) is 4.81. The number of nitrogens with zero attached hydrogens (tertiary/aromatic N) is 2. The SMILES string of the molecule is CCCN(CCC)C(=O)n1oc(C)c(Cl)c1=O. The van der Waals surface area contributed by atoms with Crippen LogP contribution in [0.1, 0.15) is 32.4 Å². The van der Waals surface area contributed by atoms with Crippen LogP contribution in [-0.2, 0) is 0 Å². The average molecular weight is 261 g/mol. The van der Waals surface area contributed by atoms with E-state index in [9.17, 15) is 9.59 Å². The Bertz CT molecular complexity index is 444. The number of aryl methyl sites for hydroxylation is 1. The molecule has 1 heterocycles. The van der Waals surface area contributed by atoms with Crippen molar-refractivity contribution in [3.8, 4) is 0 Å². The zero-order chi connectivity index (χ0) is 13.0. The monoisotopic (exact) mass is 260 g/mol. The molecule has 0 N–H and O–H groups in total. The molecule has 0 aliphatic rings. The van der Waals surface area contributed by atoms with E-state index in [4.69, 9.17) is 16.1 Å². The lowest BCUT2D eigenvalue weighted by Crippen LogP contribution is -2.39. The van der Waals surface area contributed by atoms with Gasteiger partial charge < -0.3 is 9.42 Å². The van der Waals surface area contributed by atoms with E-state index in [1.807, 2.05) is 13.8 Å². The van der Waals surface area contributed by atoms with Gasteiger partial charge in [0.1, 0.15) is 5.02 Å². The summed E-state index contributed by atoms with van der Waals surface area (Å²) in [7, 11) is 0. The number of carbonyl (C=O) groups is 1. The van der Waals surface area contributed by atoms with Gasteiger partial charge in [-0.25, -0.2) is 4.79 Å². The molecule has 1 rings (SSSR count). The van der Waals surface area contributed by atoms with E-state index in [-0.39, 0.29) is 10.8 Å². The van der Waals surface area contributed by atoms with Crippen LogP contribution >= 0.6 is 11.6 Å². The maximum atomic E-state index is 12.0. The molecule has 0 atom stereocenters. The first-order valence-electron chi connectivity index (χ1n) is 5.70. The van der Waals surface area contributed by atoms with E-state index in [0.29, 0.717) is 13.1 Å². The first-order valence-corrected chi connectivity index (χ1v) is 6.08. The number of carbonyl (C=O) groups excluding carboxylic acids is 1. The van der Waals surface area contributed by atoms with Crippen molar-refractivity contribution in [2.75, 3.05) is 13.1 Å². The zero-order valence-electron chi connectivity index (χ0n) is 10.3. The molecule has 1 amide bonds. The molecule has 96 valence electrons. The van der Waals surface area contributed by atoms with E-state index in [1.165, 1.54) is 0 Å². The molecule has 1 aromatic heterocycles. The molecule has 5 nitrogen and oxygen atoms in total.